The van der Waals surface area contributed by atoms with Crippen LogP contribution in [0.2, 0.25) is 0 Å². The summed E-state index contributed by atoms with van der Waals surface area (Å²) in [5.41, 5.74) is 22.7. The molecule has 0 atom stereocenters. The Morgan fingerprint density at radius 1 is 0.276 bits per heavy atom. The topological polar surface area (TPSA) is 36.4 Å². The van der Waals surface area contributed by atoms with Crippen LogP contribution in [0.5, 0.6) is 23.0 Å². The zero-order valence-corrected chi connectivity index (χ0v) is 47.2. The maximum atomic E-state index is 7.80. The normalized spacial score (nSPS) is 12.9. The highest BCUT2D eigenvalue weighted by Crippen LogP contribution is 2.51. The van der Waals surface area contributed by atoms with Gasteiger partial charge in [0.2, 0.25) is 0 Å². The molecule has 0 bridgehead atoms. The van der Waals surface area contributed by atoms with Crippen LogP contribution in [0.25, 0.3) is 27.5 Å². The van der Waals surface area contributed by atoms with Crippen molar-refractivity contribution in [1.82, 2.24) is 4.57 Å². The van der Waals surface area contributed by atoms with Crippen LogP contribution in [-0.4, -0.2) is 18.0 Å². The first kappa shape index (κ1) is 49.1. The van der Waals surface area contributed by atoms with Crippen LogP contribution < -0.4 is 61.9 Å². The highest BCUT2D eigenvalue weighted by Gasteiger charge is 2.48. The third kappa shape index (κ3) is 7.59. The first-order chi connectivity index (χ1) is 43.2. The summed E-state index contributed by atoms with van der Waals surface area (Å²) in [5.74, 6) is 3.36. The molecule has 0 N–H and O–H groups in total. The van der Waals surface area contributed by atoms with Crippen molar-refractivity contribution in [3.05, 3.63) is 309 Å². The standard InChI is InChI=1S/C78H51B2N5O2/c1-8-26-52(27-9-1)81(53-28-10-2-11-29-53)59-46-70-76-73(48-59)86-72-43-25-23-41-62(72)79(76)64-50-65-69(51-68(64)84(70)57-36-18-6-19-37-57)85(58-38-20-7-21-39-58)71-47-60(82(54-30-12-3-13-31-54)55-32-14-4-15-33-55)49-74-77(71)80(65)63-44-45-67-75(78(63)87-74)61-40-22-24-42-66(61)83(67)56-34-16-5-17-35-56/h1-51H. The summed E-state index contributed by atoms with van der Waals surface area (Å²) in [6.07, 6.45) is 0. The lowest BCUT2D eigenvalue weighted by Gasteiger charge is -2.45. The van der Waals surface area contributed by atoms with E-state index in [0.717, 1.165) is 141 Å². The van der Waals surface area contributed by atoms with Crippen LogP contribution in [0.3, 0.4) is 0 Å². The van der Waals surface area contributed by atoms with E-state index in [4.69, 9.17) is 9.47 Å². The molecule has 0 spiro atoms. The SMILES string of the molecule is c1ccc(N(c2ccccc2)c2cc3c4c(c2)N(c2ccccc2)c2cc5c(cc2B4c2ccccc2O3)B2c3ccc4c(c3Oc3cc(N(c6ccccc6)c6ccccc6)cc(c32)N5c2ccccc2)c2ccccc2n4-c2ccccc2)cc1. The van der Waals surface area contributed by atoms with Crippen molar-refractivity contribution >= 4 is 136 Å². The molecule has 0 radical (unpaired) electrons. The Bertz CT molecular complexity index is 4940. The van der Waals surface area contributed by atoms with Crippen molar-refractivity contribution in [2.75, 3.05) is 19.6 Å². The van der Waals surface area contributed by atoms with E-state index < -0.39 is 0 Å². The van der Waals surface area contributed by atoms with Crippen molar-refractivity contribution in [2.45, 2.75) is 0 Å². The van der Waals surface area contributed by atoms with E-state index in [1.807, 2.05) is 0 Å². The smallest absolute Gasteiger partial charge is 0.256 e. The largest absolute Gasteiger partial charge is 0.458 e. The van der Waals surface area contributed by atoms with Crippen LogP contribution in [-0.2, 0) is 0 Å². The molecular formula is C78H51B2N5O2. The summed E-state index contributed by atoms with van der Waals surface area (Å²) < 4.78 is 17.4. The number of nitrogens with zero attached hydrogens (tertiary/aromatic N) is 5. The fourth-order valence-electron chi connectivity index (χ4n) is 14.4. The number of fused-ring (bicyclic) bond motifs is 12. The van der Waals surface area contributed by atoms with E-state index in [-0.39, 0.29) is 13.4 Å². The van der Waals surface area contributed by atoms with Crippen molar-refractivity contribution in [3.8, 4) is 28.7 Å². The molecule has 406 valence electrons. The lowest BCUT2D eigenvalue weighted by molar-refractivity contribution is 0.487. The van der Waals surface area contributed by atoms with E-state index in [1.165, 1.54) is 10.9 Å². The van der Waals surface area contributed by atoms with Crippen molar-refractivity contribution in [3.63, 3.8) is 0 Å². The van der Waals surface area contributed by atoms with Crippen LogP contribution >= 0.6 is 0 Å². The molecule has 87 heavy (non-hydrogen) atoms. The van der Waals surface area contributed by atoms with Gasteiger partial charge < -0.3 is 33.6 Å². The molecule has 4 aliphatic heterocycles. The number of ether oxygens (including phenoxy) is 2. The second kappa shape index (κ2) is 19.6. The number of para-hydroxylation sites is 9. The molecule has 0 aliphatic carbocycles. The van der Waals surface area contributed by atoms with Gasteiger partial charge >= 0.3 is 0 Å². The maximum absolute atomic E-state index is 7.80. The molecule has 14 aromatic rings. The third-order valence-electron chi connectivity index (χ3n) is 18.0. The fraction of sp³-hybridized carbons (Fsp3) is 0. The summed E-state index contributed by atoms with van der Waals surface area (Å²) in [4.78, 5) is 9.70. The van der Waals surface area contributed by atoms with Crippen molar-refractivity contribution in [1.29, 1.82) is 0 Å². The Morgan fingerprint density at radius 3 is 1.22 bits per heavy atom. The molecule has 0 amide bonds. The van der Waals surface area contributed by atoms with Gasteiger partial charge in [-0.15, -0.1) is 0 Å². The number of rotatable bonds is 9. The zero-order chi connectivity index (χ0) is 57.1. The Hall–Kier alpha value is -11.4. The van der Waals surface area contributed by atoms with Crippen LogP contribution in [0.4, 0.5) is 68.2 Å². The molecular weight excluding hydrogens is 1060 g/mol. The molecule has 7 nitrogen and oxygen atoms in total. The van der Waals surface area contributed by atoms with Crippen molar-refractivity contribution in [2.24, 2.45) is 0 Å². The predicted molar refractivity (Wildman–Crippen MR) is 362 cm³/mol. The Kier molecular flexibility index (Phi) is 11.0. The fourth-order valence-corrected chi connectivity index (χ4v) is 14.4. The monoisotopic (exact) mass is 1110 g/mol. The maximum Gasteiger partial charge on any atom is 0.256 e. The molecule has 0 saturated carbocycles. The van der Waals surface area contributed by atoms with E-state index in [2.05, 4.69) is 334 Å². The molecule has 5 heterocycles. The van der Waals surface area contributed by atoms with Crippen LogP contribution in [0.1, 0.15) is 0 Å². The highest BCUT2D eigenvalue weighted by atomic mass is 16.5. The number of hydrogen-bond donors (Lipinski definition) is 0. The lowest BCUT2D eigenvalue weighted by atomic mass is 9.30. The Morgan fingerprint density at radius 2 is 0.701 bits per heavy atom. The Balaban J connectivity index is 0.956. The number of aromatic nitrogens is 1. The summed E-state index contributed by atoms with van der Waals surface area (Å²) in [5, 5.41) is 2.22. The summed E-state index contributed by atoms with van der Waals surface area (Å²) in [6, 6.07) is 112. The molecule has 9 heteroatoms. The quantitative estimate of drug-likeness (QED) is 0.134. The van der Waals surface area contributed by atoms with Gasteiger partial charge in [-0.2, -0.15) is 0 Å². The van der Waals surface area contributed by atoms with Crippen LogP contribution in [0.15, 0.2) is 309 Å². The van der Waals surface area contributed by atoms with Gasteiger partial charge in [-0.25, -0.2) is 0 Å². The van der Waals surface area contributed by atoms with Gasteiger partial charge in [-0.3, -0.25) is 0 Å². The first-order valence-electron chi connectivity index (χ1n) is 29.8. The molecule has 13 aromatic carbocycles. The Labute approximate surface area is 505 Å². The van der Waals surface area contributed by atoms with Gasteiger partial charge in [0.1, 0.15) is 23.0 Å². The highest BCUT2D eigenvalue weighted by molar-refractivity contribution is 7.02. The molecule has 0 saturated heterocycles. The third-order valence-corrected chi connectivity index (χ3v) is 18.0. The zero-order valence-electron chi connectivity index (χ0n) is 47.2. The molecule has 1 aromatic heterocycles. The molecule has 0 unspecified atom stereocenters. The van der Waals surface area contributed by atoms with E-state index >= 15 is 0 Å². The van der Waals surface area contributed by atoms with Gasteiger partial charge in [0, 0.05) is 80.1 Å². The van der Waals surface area contributed by atoms with E-state index in [9.17, 15) is 0 Å². The second-order valence-electron chi connectivity index (χ2n) is 22.8. The minimum atomic E-state index is -0.257. The number of anilines is 12. The predicted octanol–water partition coefficient (Wildman–Crippen LogP) is 16.5. The summed E-state index contributed by atoms with van der Waals surface area (Å²) in [6.45, 7) is -0.451. The number of hydrogen-bond acceptors (Lipinski definition) is 6. The van der Waals surface area contributed by atoms with Crippen molar-refractivity contribution < 1.29 is 9.47 Å². The minimum absolute atomic E-state index is 0.194. The average molecular weight is 1110 g/mol. The van der Waals surface area contributed by atoms with Gasteiger partial charge in [-0.1, -0.05) is 176 Å². The molecule has 0 fully saturated rings. The van der Waals surface area contributed by atoms with Crippen LogP contribution in [0, 0.1) is 0 Å². The summed E-state index contributed by atoms with van der Waals surface area (Å²) in [7, 11) is 0. The van der Waals surface area contributed by atoms with Gasteiger partial charge in [0.15, 0.2) is 0 Å². The van der Waals surface area contributed by atoms with Gasteiger partial charge in [-0.05, 0) is 154 Å². The second-order valence-corrected chi connectivity index (χ2v) is 22.8. The van der Waals surface area contributed by atoms with E-state index in [1.54, 1.807) is 0 Å². The molecule has 4 aliphatic rings. The molecule has 18 rings (SSSR count). The first-order valence-corrected chi connectivity index (χ1v) is 29.8. The lowest BCUT2D eigenvalue weighted by Crippen LogP contribution is -2.63. The summed E-state index contributed by atoms with van der Waals surface area (Å²) >= 11 is 0. The number of benzene rings is 13. The minimum Gasteiger partial charge on any atom is -0.458 e. The van der Waals surface area contributed by atoms with Gasteiger partial charge in [0.25, 0.3) is 13.4 Å². The van der Waals surface area contributed by atoms with Gasteiger partial charge in [0.05, 0.1) is 27.8 Å². The van der Waals surface area contributed by atoms with E-state index in [0.29, 0.717) is 0 Å². The average Bonchev–Trinajstić information content (AvgIpc) is 1.39.